The third-order valence-electron chi connectivity index (χ3n) is 5.39. The first-order chi connectivity index (χ1) is 10.8. The van der Waals surface area contributed by atoms with Gasteiger partial charge in [-0.15, -0.1) is 0 Å². The van der Waals surface area contributed by atoms with Crippen molar-refractivity contribution in [3.8, 4) is 0 Å². The highest BCUT2D eigenvalue weighted by Gasteiger charge is 2.15. The van der Waals surface area contributed by atoms with Gasteiger partial charge in [0.05, 0.1) is 0 Å². The minimum atomic E-state index is 1.01. The molecule has 0 spiro atoms. The van der Waals surface area contributed by atoms with Crippen molar-refractivity contribution in [2.75, 3.05) is 0 Å². The van der Waals surface area contributed by atoms with Gasteiger partial charge in [-0.25, -0.2) is 0 Å². The Labute approximate surface area is 142 Å². The Morgan fingerprint density at radius 1 is 0.455 bits per heavy atom. The van der Waals surface area contributed by atoms with Gasteiger partial charge in [0, 0.05) is 0 Å². The fourth-order valence-corrected chi connectivity index (χ4v) is 3.73. The van der Waals surface area contributed by atoms with Crippen LogP contribution in [0, 0.1) is 11.8 Å². The van der Waals surface area contributed by atoms with Crippen molar-refractivity contribution >= 4 is 0 Å². The lowest BCUT2D eigenvalue weighted by Gasteiger charge is -2.23. The second kappa shape index (κ2) is 17.4. The molecule has 0 rings (SSSR count). The molecule has 0 amide bonds. The average molecular weight is 311 g/mol. The topological polar surface area (TPSA) is 0 Å². The highest BCUT2D eigenvalue weighted by molar-refractivity contribution is 4.67. The molecule has 0 fully saturated rings. The molecule has 0 radical (unpaired) electrons. The van der Waals surface area contributed by atoms with Gasteiger partial charge in [-0.05, 0) is 18.3 Å². The van der Waals surface area contributed by atoms with Gasteiger partial charge >= 0.3 is 0 Å². The second-order valence-electron chi connectivity index (χ2n) is 7.57. The number of rotatable bonds is 17. The average Bonchev–Trinajstić information content (AvgIpc) is 2.54. The summed E-state index contributed by atoms with van der Waals surface area (Å²) in [6.45, 7) is 9.40. The van der Waals surface area contributed by atoms with Crippen LogP contribution >= 0.6 is 0 Å². The fraction of sp³-hybridized carbons (Fsp3) is 1.00. The summed E-state index contributed by atoms with van der Waals surface area (Å²) in [6, 6.07) is 0. The highest BCUT2D eigenvalue weighted by atomic mass is 14.2. The van der Waals surface area contributed by atoms with Crippen LogP contribution in [-0.4, -0.2) is 0 Å². The molecule has 22 heavy (non-hydrogen) atoms. The summed E-state index contributed by atoms with van der Waals surface area (Å²) >= 11 is 0. The number of unbranched alkanes of at least 4 members (excludes halogenated alkanes) is 8. The van der Waals surface area contributed by atoms with E-state index in [1.54, 1.807) is 0 Å². The van der Waals surface area contributed by atoms with E-state index in [0.717, 1.165) is 11.8 Å². The fourth-order valence-electron chi connectivity index (χ4n) is 3.73. The van der Waals surface area contributed by atoms with Crippen LogP contribution in [0.2, 0.25) is 0 Å². The van der Waals surface area contributed by atoms with E-state index < -0.39 is 0 Å². The Kier molecular flexibility index (Phi) is 17.4. The first-order valence-electron chi connectivity index (χ1n) is 10.8. The summed E-state index contributed by atoms with van der Waals surface area (Å²) < 4.78 is 0. The van der Waals surface area contributed by atoms with Crippen molar-refractivity contribution < 1.29 is 0 Å². The number of hydrogen-bond acceptors (Lipinski definition) is 0. The van der Waals surface area contributed by atoms with Gasteiger partial charge in [0.15, 0.2) is 0 Å². The van der Waals surface area contributed by atoms with Gasteiger partial charge in [0.25, 0.3) is 0 Å². The van der Waals surface area contributed by atoms with E-state index in [1.165, 1.54) is 103 Å². The van der Waals surface area contributed by atoms with Crippen LogP contribution in [-0.2, 0) is 0 Å². The molecule has 134 valence electrons. The van der Waals surface area contributed by atoms with E-state index in [1.807, 2.05) is 0 Å². The molecule has 0 saturated carbocycles. The lowest BCUT2D eigenvalue weighted by molar-refractivity contribution is 0.296. The molecule has 2 unspecified atom stereocenters. The minimum Gasteiger partial charge on any atom is -0.0654 e. The molecular formula is C22H46. The molecular weight excluding hydrogens is 264 g/mol. The summed E-state index contributed by atoms with van der Waals surface area (Å²) in [5.74, 6) is 2.03. The predicted octanol–water partition coefficient (Wildman–Crippen LogP) is 8.54. The van der Waals surface area contributed by atoms with E-state index in [0.29, 0.717) is 0 Å². The van der Waals surface area contributed by atoms with Crippen LogP contribution in [0.25, 0.3) is 0 Å². The third kappa shape index (κ3) is 13.6. The molecule has 0 aliphatic heterocycles. The molecule has 0 bridgehead atoms. The van der Waals surface area contributed by atoms with E-state index >= 15 is 0 Å². The van der Waals surface area contributed by atoms with Crippen molar-refractivity contribution in [2.24, 2.45) is 11.8 Å². The van der Waals surface area contributed by atoms with Crippen molar-refractivity contribution in [3.63, 3.8) is 0 Å². The van der Waals surface area contributed by atoms with Crippen LogP contribution in [0.15, 0.2) is 0 Å². The van der Waals surface area contributed by atoms with Crippen molar-refractivity contribution in [2.45, 2.75) is 130 Å². The minimum absolute atomic E-state index is 1.01. The summed E-state index contributed by atoms with van der Waals surface area (Å²) in [6.07, 6.45) is 23.2. The Hall–Kier alpha value is 0. The van der Waals surface area contributed by atoms with E-state index in [4.69, 9.17) is 0 Å². The van der Waals surface area contributed by atoms with Crippen molar-refractivity contribution in [1.82, 2.24) is 0 Å². The molecule has 0 aliphatic carbocycles. The maximum Gasteiger partial charge on any atom is -0.0412 e. The van der Waals surface area contributed by atoms with Crippen LogP contribution in [0.3, 0.4) is 0 Å². The SMILES string of the molecule is CCCCCCCC(CC)CC(CCCC)CCCCCC. The van der Waals surface area contributed by atoms with Crippen molar-refractivity contribution in [3.05, 3.63) is 0 Å². The van der Waals surface area contributed by atoms with E-state index in [2.05, 4.69) is 27.7 Å². The molecule has 0 nitrogen and oxygen atoms in total. The van der Waals surface area contributed by atoms with Crippen LogP contribution in [0.4, 0.5) is 0 Å². The van der Waals surface area contributed by atoms with Crippen LogP contribution < -0.4 is 0 Å². The van der Waals surface area contributed by atoms with Gasteiger partial charge in [0.2, 0.25) is 0 Å². The van der Waals surface area contributed by atoms with E-state index in [-0.39, 0.29) is 0 Å². The Morgan fingerprint density at radius 2 is 0.909 bits per heavy atom. The van der Waals surface area contributed by atoms with E-state index in [9.17, 15) is 0 Å². The van der Waals surface area contributed by atoms with Gasteiger partial charge in [-0.2, -0.15) is 0 Å². The van der Waals surface area contributed by atoms with Gasteiger partial charge < -0.3 is 0 Å². The standard InChI is InChI=1S/C22H46/c1-5-9-12-14-16-18-21(8-4)20-22(17-11-7-3)19-15-13-10-6-2/h21-22H,5-20H2,1-4H3. The summed E-state index contributed by atoms with van der Waals surface area (Å²) in [5.41, 5.74) is 0. The first-order valence-corrected chi connectivity index (χ1v) is 10.8. The summed E-state index contributed by atoms with van der Waals surface area (Å²) in [4.78, 5) is 0. The molecule has 0 heterocycles. The Bertz CT molecular complexity index is 196. The van der Waals surface area contributed by atoms with Crippen molar-refractivity contribution in [1.29, 1.82) is 0 Å². The molecule has 0 aliphatic rings. The van der Waals surface area contributed by atoms with Gasteiger partial charge in [0.1, 0.15) is 0 Å². The normalized spacial score (nSPS) is 14.2. The molecule has 0 aromatic heterocycles. The van der Waals surface area contributed by atoms with Crippen LogP contribution in [0.1, 0.15) is 130 Å². The molecule has 0 heteroatoms. The molecule has 2 atom stereocenters. The Morgan fingerprint density at radius 3 is 1.45 bits per heavy atom. The molecule has 0 saturated heterocycles. The summed E-state index contributed by atoms with van der Waals surface area (Å²) in [7, 11) is 0. The molecule has 0 aromatic rings. The lowest BCUT2D eigenvalue weighted by Crippen LogP contribution is -2.09. The Balaban J connectivity index is 3.98. The van der Waals surface area contributed by atoms with Crippen LogP contribution in [0.5, 0.6) is 0 Å². The maximum absolute atomic E-state index is 2.42. The maximum atomic E-state index is 2.42. The molecule has 0 aromatic carbocycles. The highest BCUT2D eigenvalue weighted by Crippen LogP contribution is 2.29. The van der Waals surface area contributed by atoms with Gasteiger partial charge in [-0.3, -0.25) is 0 Å². The predicted molar refractivity (Wildman–Crippen MR) is 104 cm³/mol. The zero-order valence-corrected chi connectivity index (χ0v) is 16.5. The number of hydrogen-bond donors (Lipinski definition) is 0. The van der Waals surface area contributed by atoms with Gasteiger partial charge in [-0.1, -0.05) is 124 Å². The summed E-state index contributed by atoms with van der Waals surface area (Å²) in [5, 5.41) is 0. The third-order valence-corrected chi connectivity index (χ3v) is 5.39. The quantitative estimate of drug-likeness (QED) is 0.236. The zero-order chi connectivity index (χ0) is 16.5. The lowest BCUT2D eigenvalue weighted by atomic mass is 9.83. The largest absolute Gasteiger partial charge is 0.0654 e. The smallest absolute Gasteiger partial charge is 0.0412 e. The monoisotopic (exact) mass is 310 g/mol. The first kappa shape index (κ1) is 22.0. The second-order valence-corrected chi connectivity index (χ2v) is 7.57. The molecule has 0 N–H and O–H groups in total. The zero-order valence-electron chi connectivity index (χ0n) is 16.5.